The maximum absolute atomic E-state index is 15.7. The molecule has 23 heteroatoms. The number of aryl methyl sites for hydroxylation is 1. The lowest BCUT2D eigenvalue weighted by Gasteiger charge is -2.33. The number of anilines is 1. The third kappa shape index (κ3) is 11.2. The van der Waals surface area contributed by atoms with E-state index in [1.165, 1.54) is 22.3 Å². The van der Waals surface area contributed by atoms with E-state index in [4.69, 9.17) is 24.9 Å². The summed E-state index contributed by atoms with van der Waals surface area (Å²) in [6.45, 7) is 4.55. The molecule has 0 saturated carbocycles. The summed E-state index contributed by atoms with van der Waals surface area (Å²) in [7, 11) is 0. The third-order valence-electron chi connectivity index (χ3n) is 9.29. The van der Waals surface area contributed by atoms with E-state index in [-0.39, 0.29) is 24.2 Å². The molecule has 5 heterocycles. The second-order valence-electron chi connectivity index (χ2n) is 13.3. The molecule has 59 heavy (non-hydrogen) atoms. The topological polar surface area (TPSA) is 198 Å². The van der Waals surface area contributed by atoms with Crippen LogP contribution in [0.15, 0.2) is 54.3 Å². The van der Waals surface area contributed by atoms with E-state index < -0.39 is 53.9 Å². The summed E-state index contributed by atoms with van der Waals surface area (Å²) in [5.41, 5.74) is 4.41. The Morgan fingerprint density at radius 2 is 1.46 bits per heavy atom. The number of halogens is 7. The molecule has 4 aromatic rings. The zero-order valence-electron chi connectivity index (χ0n) is 30.5. The summed E-state index contributed by atoms with van der Waals surface area (Å²) < 4.78 is 81.1. The molecule has 1 unspecified atom stereocenters. The first-order chi connectivity index (χ1) is 27.7. The molecule has 7 rings (SSSR count). The molecule has 1 atom stereocenters. The molecule has 15 nitrogen and oxygen atoms in total. The van der Waals surface area contributed by atoms with Gasteiger partial charge < -0.3 is 24.8 Å². The zero-order chi connectivity index (χ0) is 43.2. The third-order valence-corrected chi connectivity index (χ3v) is 9.98. The smallest absolute Gasteiger partial charge is 0.480 e. The van der Waals surface area contributed by atoms with Crippen LogP contribution >= 0.6 is 11.3 Å². The summed E-state index contributed by atoms with van der Waals surface area (Å²) in [6, 6.07) is 9.97. The molecule has 0 spiro atoms. The fourth-order valence-corrected chi connectivity index (χ4v) is 7.05. The van der Waals surface area contributed by atoms with E-state index >= 15 is 4.39 Å². The summed E-state index contributed by atoms with van der Waals surface area (Å²) in [5, 5.41) is 28.3. The molecule has 0 radical (unpaired) electrons. The number of imidazole rings is 1. The van der Waals surface area contributed by atoms with Gasteiger partial charge in [-0.05, 0) is 41.7 Å². The molecule has 2 aromatic carbocycles. The normalized spacial score (nSPS) is 15.9. The maximum atomic E-state index is 15.7. The van der Waals surface area contributed by atoms with E-state index in [0.717, 1.165) is 55.8 Å². The number of hydrogen-bond acceptors (Lipinski definition) is 10. The largest absolute Gasteiger partial charge is 0.490 e. The number of rotatable bonds is 9. The minimum atomic E-state index is -5.08. The Kier molecular flexibility index (Phi) is 13.7. The summed E-state index contributed by atoms with van der Waals surface area (Å²) in [4.78, 5) is 70.7. The molecule has 3 aliphatic rings. The van der Waals surface area contributed by atoms with Gasteiger partial charge in [0.25, 0.3) is 11.8 Å². The van der Waals surface area contributed by atoms with E-state index in [9.17, 15) is 40.7 Å². The maximum Gasteiger partial charge on any atom is 0.490 e. The number of carbonyl (C=O) groups excluding carboxylic acids is 2. The van der Waals surface area contributed by atoms with Gasteiger partial charge in [-0.15, -0.1) is 11.3 Å². The number of nitrogens with zero attached hydrogens (tertiary/aromatic N) is 6. The van der Waals surface area contributed by atoms with Crippen LogP contribution in [-0.2, 0) is 45.2 Å². The standard InChI is InChI=1S/C32H32FN7O4S.2C2HF3O2/c33-25-15-22(21-5-3-20(4-6-21)16-37-9-11-38(12-10-37)18-27(41)42)14-23-24(25)17-40(31(23)44)29(30(43)36-32-34-7-13-45-32)28-26-2-1-8-39(26)19-35-28;2*3-2(4,5)1(6)7/h3-7,13-15,19,29H,1-2,8-12,16-18H2,(H,41,42)(H,34,36,43);2*(H,6,7). The highest BCUT2D eigenvalue weighted by molar-refractivity contribution is 7.13. The van der Waals surface area contributed by atoms with Gasteiger partial charge in [0.15, 0.2) is 11.2 Å². The molecule has 4 N–H and O–H groups in total. The number of alkyl halides is 6. The van der Waals surface area contributed by atoms with Crippen LogP contribution in [0.25, 0.3) is 11.1 Å². The number of thiazole rings is 1. The van der Waals surface area contributed by atoms with Crippen LogP contribution in [0, 0.1) is 5.82 Å². The zero-order valence-corrected chi connectivity index (χ0v) is 31.3. The Balaban J connectivity index is 0.000000407. The molecule has 316 valence electrons. The lowest BCUT2D eigenvalue weighted by atomic mass is 9.99. The highest BCUT2D eigenvalue weighted by Gasteiger charge is 2.42. The number of aromatic nitrogens is 3. The number of benzene rings is 2. The van der Waals surface area contributed by atoms with Gasteiger partial charge in [-0.25, -0.2) is 23.9 Å². The van der Waals surface area contributed by atoms with Crippen LogP contribution in [-0.4, -0.2) is 119 Å². The number of nitrogens with one attached hydrogen (secondary N) is 1. The second kappa shape index (κ2) is 18.3. The Hall–Kier alpha value is -5.94. The molecule has 1 fully saturated rings. The first kappa shape index (κ1) is 44.2. The number of carboxylic acid groups (broad SMARTS) is 3. The van der Waals surface area contributed by atoms with Crippen molar-refractivity contribution < 1.29 is 70.0 Å². The van der Waals surface area contributed by atoms with E-state index in [1.807, 2.05) is 33.7 Å². The van der Waals surface area contributed by atoms with Crippen molar-refractivity contribution in [3.05, 3.63) is 88.2 Å². The van der Waals surface area contributed by atoms with Crippen molar-refractivity contribution in [3.8, 4) is 11.1 Å². The van der Waals surface area contributed by atoms with Crippen molar-refractivity contribution in [1.29, 1.82) is 0 Å². The van der Waals surface area contributed by atoms with Gasteiger partial charge >= 0.3 is 30.3 Å². The van der Waals surface area contributed by atoms with Crippen LogP contribution in [0.5, 0.6) is 0 Å². The minimum Gasteiger partial charge on any atom is -0.480 e. The van der Waals surface area contributed by atoms with Gasteiger partial charge in [-0.1, -0.05) is 24.3 Å². The fraction of sp³-hybridized carbons (Fsp3) is 0.361. The van der Waals surface area contributed by atoms with Crippen molar-refractivity contribution >= 4 is 46.2 Å². The number of carbonyl (C=O) groups is 5. The highest BCUT2D eigenvalue weighted by Crippen LogP contribution is 2.38. The lowest BCUT2D eigenvalue weighted by molar-refractivity contribution is -0.193. The number of piperazine rings is 1. The summed E-state index contributed by atoms with van der Waals surface area (Å²) in [5.74, 6) is -7.66. The Morgan fingerprint density at radius 1 is 0.847 bits per heavy atom. The molecule has 2 aromatic heterocycles. The van der Waals surface area contributed by atoms with Gasteiger partial charge in [0, 0.05) is 67.7 Å². The molecule has 0 aliphatic carbocycles. The van der Waals surface area contributed by atoms with Crippen molar-refractivity contribution in [1.82, 2.24) is 29.2 Å². The van der Waals surface area contributed by atoms with Gasteiger partial charge in [0.1, 0.15) is 5.82 Å². The van der Waals surface area contributed by atoms with Crippen LogP contribution in [0.2, 0.25) is 0 Å². The lowest BCUT2D eigenvalue weighted by Crippen LogP contribution is -2.47. The number of fused-ring (bicyclic) bond motifs is 2. The van der Waals surface area contributed by atoms with Crippen LogP contribution in [0.1, 0.15) is 45.3 Å². The molecular weight excluding hydrogens is 823 g/mol. The van der Waals surface area contributed by atoms with Crippen LogP contribution in [0.3, 0.4) is 0 Å². The van der Waals surface area contributed by atoms with Crippen molar-refractivity contribution in [2.75, 3.05) is 38.0 Å². The Bertz CT molecular complexity index is 2150. The number of hydrogen-bond donors (Lipinski definition) is 4. The van der Waals surface area contributed by atoms with E-state index in [0.29, 0.717) is 29.5 Å². The SMILES string of the molecule is O=C(O)C(F)(F)F.O=C(O)C(F)(F)F.O=C(O)CN1CCN(Cc2ccc(-c3cc(F)c4c(c3)C(=O)N(C(C(=O)Nc3nccs3)c3ncn5c3CCC5)C4)cc2)CC1. The average Bonchev–Trinajstić information content (AvgIpc) is 3.97. The predicted molar refractivity (Wildman–Crippen MR) is 192 cm³/mol. The Labute approximate surface area is 333 Å². The molecule has 2 amide bonds. The number of carboxylic acids is 3. The summed E-state index contributed by atoms with van der Waals surface area (Å²) >= 11 is 1.28. The van der Waals surface area contributed by atoms with Gasteiger partial charge in [0.2, 0.25) is 0 Å². The first-order valence-electron chi connectivity index (χ1n) is 17.5. The van der Waals surface area contributed by atoms with Crippen molar-refractivity contribution in [3.63, 3.8) is 0 Å². The van der Waals surface area contributed by atoms with Crippen LogP contribution in [0.4, 0.5) is 35.9 Å². The van der Waals surface area contributed by atoms with Gasteiger partial charge in [-0.3, -0.25) is 29.5 Å². The molecule has 3 aliphatic heterocycles. The van der Waals surface area contributed by atoms with Gasteiger partial charge in [-0.2, -0.15) is 26.3 Å². The molecule has 0 bridgehead atoms. The second-order valence-corrected chi connectivity index (χ2v) is 14.2. The average molecular weight is 858 g/mol. The molecule has 1 saturated heterocycles. The number of aliphatic carboxylic acids is 3. The van der Waals surface area contributed by atoms with Crippen molar-refractivity contribution in [2.24, 2.45) is 0 Å². The van der Waals surface area contributed by atoms with Crippen LogP contribution < -0.4 is 5.32 Å². The highest BCUT2D eigenvalue weighted by atomic mass is 32.1. The van der Waals surface area contributed by atoms with E-state index in [1.54, 1.807) is 24.0 Å². The predicted octanol–water partition coefficient (Wildman–Crippen LogP) is 4.90. The van der Waals surface area contributed by atoms with Gasteiger partial charge in [0.05, 0.1) is 25.1 Å². The Morgan fingerprint density at radius 3 is 2.02 bits per heavy atom. The molecular formula is C36H34F7N7O8S. The van der Waals surface area contributed by atoms with E-state index in [2.05, 4.69) is 20.2 Å². The quantitative estimate of drug-likeness (QED) is 0.167. The monoisotopic (exact) mass is 857 g/mol. The number of amides is 2. The minimum absolute atomic E-state index is 0.0405. The van der Waals surface area contributed by atoms with Crippen molar-refractivity contribution in [2.45, 2.75) is 50.9 Å². The first-order valence-corrected chi connectivity index (χ1v) is 18.3. The fourth-order valence-electron chi connectivity index (χ4n) is 6.52. The summed E-state index contributed by atoms with van der Waals surface area (Å²) in [6.07, 6.45) is -5.19.